The van der Waals surface area contributed by atoms with Crippen LogP contribution < -0.4 is 21.1 Å². The van der Waals surface area contributed by atoms with Crippen molar-refractivity contribution in [3.05, 3.63) is 29.8 Å². The van der Waals surface area contributed by atoms with Gasteiger partial charge in [0, 0.05) is 87.3 Å². The average molecular weight is 757 g/mol. The number of benzene rings is 1. The summed E-state index contributed by atoms with van der Waals surface area (Å²) in [4.78, 5) is 48.6. The summed E-state index contributed by atoms with van der Waals surface area (Å²) in [5.41, 5.74) is 8.49. The molecule has 1 atom stereocenters. The number of aromatic nitrogens is 2. The highest BCUT2D eigenvalue weighted by atomic mass is 32.2. The number of nitrogens with one attached hydrogen (secondary N) is 3. The van der Waals surface area contributed by atoms with Crippen molar-refractivity contribution in [2.45, 2.75) is 115 Å². The van der Waals surface area contributed by atoms with Crippen LogP contribution in [0.1, 0.15) is 98.0 Å². The zero-order valence-corrected chi connectivity index (χ0v) is 34.6. The maximum Gasteiger partial charge on any atom is 0.196 e. The van der Waals surface area contributed by atoms with Crippen molar-refractivity contribution >= 4 is 54.3 Å². The van der Waals surface area contributed by atoms with Crippen molar-refractivity contribution < 1.29 is 19.1 Å². The normalized spacial score (nSPS) is 19.0. The van der Waals surface area contributed by atoms with Crippen LogP contribution in [0, 0.1) is 18.8 Å². The Morgan fingerprint density at radius 1 is 0.925 bits per heavy atom. The first-order valence-corrected chi connectivity index (χ1v) is 20.3. The SMILES string of the molecule is C=O.CC.CC.CNc1ccc(Sc2nc(/N=C3\CC(C)NN3)c(C)c(N3CCN(CCOC)CC3)n2)cc1.O=CC1CCCC1.O=CC1CCCC1. The largest absolute Gasteiger partial charge is 0.388 e. The highest BCUT2D eigenvalue weighted by Gasteiger charge is 2.23. The lowest BCUT2D eigenvalue weighted by Crippen LogP contribution is -2.47. The molecule has 0 amide bonds. The third kappa shape index (κ3) is 17.5. The van der Waals surface area contributed by atoms with E-state index in [1.54, 1.807) is 18.9 Å². The van der Waals surface area contributed by atoms with E-state index in [1.807, 2.05) is 41.5 Å². The summed E-state index contributed by atoms with van der Waals surface area (Å²) < 4.78 is 5.24. The third-order valence-electron chi connectivity index (χ3n) is 9.10. The number of amidine groups is 1. The zero-order chi connectivity index (χ0) is 39.4. The Bertz CT molecular complexity index is 1280. The van der Waals surface area contributed by atoms with Crippen LogP contribution >= 0.6 is 11.8 Å². The Kier molecular flexibility index (Phi) is 26.1. The number of rotatable bonds is 10. The summed E-state index contributed by atoms with van der Waals surface area (Å²) in [7, 11) is 3.68. The van der Waals surface area contributed by atoms with Gasteiger partial charge in [-0.2, -0.15) is 0 Å². The number of ether oxygens (including phenoxy) is 1. The maximum absolute atomic E-state index is 10.0. The van der Waals surface area contributed by atoms with Gasteiger partial charge in [0.2, 0.25) is 0 Å². The first-order valence-electron chi connectivity index (χ1n) is 19.5. The highest BCUT2D eigenvalue weighted by Crippen LogP contribution is 2.33. The van der Waals surface area contributed by atoms with Gasteiger partial charge in [0.05, 0.1) is 6.61 Å². The van der Waals surface area contributed by atoms with Gasteiger partial charge < -0.3 is 34.8 Å². The molecule has 0 radical (unpaired) electrons. The second kappa shape index (κ2) is 29.0. The van der Waals surface area contributed by atoms with Gasteiger partial charge in [-0.1, -0.05) is 53.4 Å². The van der Waals surface area contributed by atoms with Crippen molar-refractivity contribution in [1.82, 2.24) is 25.7 Å². The molecule has 6 rings (SSSR count). The summed E-state index contributed by atoms with van der Waals surface area (Å²) in [6, 6.07) is 8.65. The number of carbonyl (C=O) groups is 3. The van der Waals surface area contributed by atoms with Gasteiger partial charge in [-0.15, -0.1) is 0 Å². The van der Waals surface area contributed by atoms with Crippen molar-refractivity contribution in [1.29, 1.82) is 0 Å². The molecule has 2 aromatic rings. The summed E-state index contributed by atoms with van der Waals surface area (Å²) in [5, 5.41) is 3.87. The number of aliphatic imine (C=N–C) groups is 1. The lowest BCUT2D eigenvalue weighted by molar-refractivity contribution is -0.111. The molecule has 2 aliphatic heterocycles. The Morgan fingerprint density at radius 3 is 1.91 bits per heavy atom. The number of hydrogen-bond acceptors (Lipinski definition) is 12. The highest BCUT2D eigenvalue weighted by molar-refractivity contribution is 7.99. The quantitative estimate of drug-likeness (QED) is 0.166. The van der Waals surface area contributed by atoms with Crippen molar-refractivity contribution in [2.75, 3.05) is 63.7 Å². The molecule has 298 valence electrons. The van der Waals surface area contributed by atoms with Gasteiger partial charge in [-0.3, -0.25) is 4.90 Å². The molecule has 1 aromatic carbocycles. The number of aldehydes is 2. The van der Waals surface area contributed by atoms with E-state index in [-0.39, 0.29) is 0 Å². The van der Waals surface area contributed by atoms with Crippen LogP contribution in [0.4, 0.5) is 17.3 Å². The van der Waals surface area contributed by atoms with Gasteiger partial charge >= 0.3 is 0 Å². The van der Waals surface area contributed by atoms with E-state index in [9.17, 15) is 9.59 Å². The van der Waals surface area contributed by atoms with Crippen LogP contribution in [-0.4, -0.2) is 99.6 Å². The fourth-order valence-corrected chi connectivity index (χ4v) is 6.87. The molecule has 2 saturated carbocycles. The molecule has 4 fully saturated rings. The van der Waals surface area contributed by atoms with Crippen LogP contribution in [0.15, 0.2) is 39.3 Å². The van der Waals surface area contributed by atoms with Gasteiger partial charge in [0.1, 0.15) is 31.0 Å². The molecule has 2 aliphatic carbocycles. The van der Waals surface area contributed by atoms with E-state index in [0.717, 1.165) is 118 Å². The van der Waals surface area contributed by atoms with E-state index in [2.05, 4.69) is 64.1 Å². The summed E-state index contributed by atoms with van der Waals surface area (Å²) >= 11 is 1.57. The molecular weight excluding hydrogens is 689 g/mol. The fraction of sp³-hybridized carbons (Fsp3) is 0.650. The second-order valence-electron chi connectivity index (χ2n) is 12.8. The lowest BCUT2D eigenvalue weighted by atomic mass is 10.1. The average Bonchev–Trinajstić information content (AvgIpc) is 4.03. The molecule has 1 unspecified atom stereocenters. The number of nitrogens with zero attached hydrogens (tertiary/aromatic N) is 5. The Hall–Kier alpha value is -3.39. The standard InChI is InChI=1S/C23H34N8OS.2C6H10O.2C2H6.CH2O/c1-16-15-20(29-28-16)25-21-17(2)22(31-11-9-30(10-12-31)13-14-32-4)27-23(26-21)33-19-7-5-18(24-3)6-8-19;2*7-5-6-3-1-2-4-6;3*1-2/h5-8,16,24,28H,9-15H2,1-4H3,(H,25,26,27,29);2*5-6H,1-4H2;2*1-2H3;1H2. The first kappa shape index (κ1) is 47.6. The number of hydrogen-bond donors (Lipinski definition) is 3. The van der Waals surface area contributed by atoms with Gasteiger partial charge in [0.15, 0.2) is 11.0 Å². The Labute approximate surface area is 324 Å². The molecule has 53 heavy (non-hydrogen) atoms. The molecule has 0 bridgehead atoms. The van der Waals surface area contributed by atoms with Gasteiger partial charge in [-0.05, 0) is 75.6 Å². The molecule has 3 heterocycles. The van der Waals surface area contributed by atoms with Crippen LogP contribution in [0.25, 0.3) is 0 Å². The van der Waals surface area contributed by atoms with Crippen molar-refractivity contribution in [3.8, 4) is 0 Å². The smallest absolute Gasteiger partial charge is 0.196 e. The molecule has 13 heteroatoms. The minimum absolute atomic E-state index is 0.352. The first-order chi connectivity index (χ1) is 25.9. The minimum Gasteiger partial charge on any atom is -0.388 e. The molecule has 12 nitrogen and oxygen atoms in total. The number of methoxy groups -OCH3 is 1. The number of carbonyl (C=O) groups excluding carboxylic acids is 3. The van der Waals surface area contributed by atoms with E-state index in [1.165, 1.54) is 25.7 Å². The summed E-state index contributed by atoms with van der Waals surface area (Å²) in [6.45, 7) is 19.8. The van der Waals surface area contributed by atoms with Crippen LogP contribution in [0.3, 0.4) is 0 Å². The van der Waals surface area contributed by atoms with Gasteiger partial charge in [-0.25, -0.2) is 20.4 Å². The van der Waals surface area contributed by atoms with E-state index < -0.39 is 0 Å². The van der Waals surface area contributed by atoms with Crippen LogP contribution in [-0.2, 0) is 19.1 Å². The molecule has 0 spiro atoms. The fourth-order valence-electron chi connectivity index (χ4n) is 6.12. The van der Waals surface area contributed by atoms with Crippen LogP contribution in [0.2, 0.25) is 0 Å². The Morgan fingerprint density at radius 2 is 1.47 bits per heavy atom. The molecule has 4 aliphatic rings. The number of anilines is 2. The number of piperazine rings is 1. The minimum atomic E-state index is 0.352. The van der Waals surface area contributed by atoms with Crippen LogP contribution in [0.5, 0.6) is 0 Å². The van der Waals surface area contributed by atoms with Crippen molar-refractivity contribution in [3.63, 3.8) is 0 Å². The van der Waals surface area contributed by atoms with E-state index >= 15 is 0 Å². The molecule has 2 saturated heterocycles. The topological polar surface area (TPSA) is 141 Å². The molecule has 1 aromatic heterocycles. The number of hydrazine groups is 1. The maximum atomic E-state index is 10.0. The molecular formula is C40H68N8O4S. The zero-order valence-electron chi connectivity index (χ0n) is 33.8. The predicted octanol–water partition coefficient (Wildman–Crippen LogP) is 7.28. The van der Waals surface area contributed by atoms with E-state index in [4.69, 9.17) is 24.5 Å². The second-order valence-corrected chi connectivity index (χ2v) is 13.8. The molecule has 3 N–H and O–H groups in total. The summed E-state index contributed by atoms with van der Waals surface area (Å²) in [5.74, 6) is 3.45. The van der Waals surface area contributed by atoms with Gasteiger partial charge in [0.25, 0.3) is 0 Å². The lowest BCUT2D eigenvalue weighted by Gasteiger charge is -2.36. The third-order valence-corrected chi connectivity index (χ3v) is 9.97. The van der Waals surface area contributed by atoms with Crippen molar-refractivity contribution in [2.24, 2.45) is 16.8 Å². The van der Waals surface area contributed by atoms with E-state index in [0.29, 0.717) is 23.0 Å². The predicted molar refractivity (Wildman–Crippen MR) is 221 cm³/mol. The Balaban J connectivity index is 0.000000573. The summed E-state index contributed by atoms with van der Waals surface area (Å²) in [6.07, 6.45) is 12.7. The monoisotopic (exact) mass is 757 g/mol.